The number of aryl methyl sites for hydroxylation is 1. The summed E-state index contributed by atoms with van der Waals surface area (Å²) in [6, 6.07) is 14.0. The van der Waals surface area contributed by atoms with Crippen LogP contribution in [0.3, 0.4) is 0 Å². The molecule has 0 fully saturated rings. The lowest BCUT2D eigenvalue weighted by Crippen LogP contribution is -1.92. The number of benzene rings is 1. The normalized spacial score (nSPS) is 10.2. The van der Waals surface area contributed by atoms with Gasteiger partial charge in [-0.3, -0.25) is 0 Å². The molecule has 0 bridgehead atoms. The predicted molar refractivity (Wildman–Crippen MR) is 76.0 cm³/mol. The lowest BCUT2D eigenvalue weighted by atomic mass is 10.2. The molecule has 0 radical (unpaired) electrons. The number of hydrogen-bond donors (Lipinski definition) is 1. The molecule has 0 saturated carbocycles. The van der Waals surface area contributed by atoms with Crippen LogP contribution in [0.1, 0.15) is 16.8 Å². The van der Waals surface area contributed by atoms with Crippen LogP contribution < -0.4 is 5.73 Å². The highest BCUT2D eigenvalue weighted by atomic mass is 35.5. The molecule has 0 aliphatic heterocycles. The molecule has 1 aromatic heterocycles. The van der Waals surface area contributed by atoms with Crippen LogP contribution in [0.5, 0.6) is 0 Å². The van der Waals surface area contributed by atoms with Gasteiger partial charge >= 0.3 is 0 Å². The maximum absolute atomic E-state index is 5.68. The molecule has 0 spiro atoms. The quantitative estimate of drug-likeness (QED) is 0.880. The van der Waals surface area contributed by atoms with E-state index in [2.05, 4.69) is 17.1 Å². The van der Waals surface area contributed by atoms with Gasteiger partial charge in [-0.05, 0) is 36.3 Å². The monoisotopic (exact) mass is 246 g/mol. The van der Waals surface area contributed by atoms with E-state index in [1.165, 1.54) is 0 Å². The number of nitrogens with two attached hydrogens (primary N) is 1. The largest absolute Gasteiger partial charge is 0.384 e. The number of nitrogens with zero attached hydrogens (tertiary/aromatic N) is 1. The van der Waals surface area contributed by atoms with Crippen LogP contribution in [0.25, 0.3) is 12.2 Å². The molecule has 2 nitrogen and oxygen atoms in total. The van der Waals surface area contributed by atoms with Gasteiger partial charge in [0.25, 0.3) is 0 Å². The summed E-state index contributed by atoms with van der Waals surface area (Å²) in [5.41, 5.74) is 8.86. The summed E-state index contributed by atoms with van der Waals surface area (Å²) in [6.45, 7) is 2.01. The fraction of sp³-hybridized carbons (Fsp3) is 0.0714. The van der Waals surface area contributed by atoms with E-state index in [0.29, 0.717) is 5.82 Å². The second-order valence-corrected chi connectivity index (χ2v) is 3.74. The van der Waals surface area contributed by atoms with Gasteiger partial charge in [0, 0.05) is 0 Å². The minimum Gasteiger partial charge on any atom is -0.384 e. The Bertz CT molecular complexity index is 487. The SMILES string of the molecule is Cc1cc(N)nc(/C=C/c2ccccc2)c1.Cl. The van der Waals surface area contributed by atoms with Crippen molar-refractivity contribution in [2.24, 2.45) is 0 Å². The maximum atomic E-state index is 5.68. The molecule has 0 unspecified atom stereocenters. The van der Waals surface area contributed by atoms with E-state index in [0.717, 1.165) is 16.8 Å². The molecule has 2 rings (SSSR count). The van der Waals surface area contributed by atoms with E-state index < -0.39 is 0 Å². The topological polar surface area (TPSA) is 38.9 Å². The summed E-state index contributed by atoms with van der Waals surface area (Å²) in [4.78, 5) is 4.24. The number of aromatic nitrogens is 1. The van der Waals surface area contributed by atoms with Crippen LogP contribution >= 0.6 is 12.4 Å². The standard InChI is InChI=1S/C14H14N2.ClH/c1-11-9-13(16-14(15)10-11)8-7-12-5-3-2-4-6-12;/h2-10H,1H3,(H2,15,16);1H/b8-7+;. The molecule has 88 valence electrons. The first-order valence-corrected chi connectivity index (χ1v) is 5.21. The minimum atomic E-state index is 0. The second-order valence-electron chi connectivity index (χ2n) is 3.74. The molecule has 0 amide bonds. The van der Waals surface area contributed by atoms with Gasteiger partial charge in [0.15, 0.2) is 0 Å². The number of halogens is 1. The summed E-state index contributed by atoms with van der Waals surface area (Å²) < 4.78 is 0. The Kier molecular flexibility index (Phi) is 4.73. The zero-order valence-corrected chi connectivity index (χ0v) is 10.4. The highest BCUT2D eigenvalue weighted by Gasteiger charge is 1.93. The summed E-state index contributed by atoms with van der Waals surface area (Å²) in [6.07, 6.45) is 4.00. The first-order chi connectivity index (χ1) is 7.74. The molecule has 3 heteroatoms. The Morgan fingerprint density at radius 3 is 2.41 bits per heavy atom. The Balaban J connectivity index is 0.00000144. The predicted octanol–water partition coefficient (Wildman–Crippen LogP) is 3.56. The third-order valence-electron chi connectivity index (χ3n) is 2.26. The van der Waals surface area contributed by atoms with Gasteiger partial charge in [-0.2, -0.15) is 0 Å². The zero-order chi connectivity index (χ0) is 11.4. The van der Waals surface area contributed by atoms with E-state index >= 15 is 0 Å². The Labute approximate surface area is 108 Å². The molecule has 1 heterocycles. The number of anilines is 1. The molecule has 0 saturated heterocycles. The molecule has 0 aliphatic carbocycles. The van der Waals surface area contributed by atoms with E-state index in [9.17, 15) is 0 Å². The minimum absolute atomic E-state index is 0. The van der Waals surface area contributed by atoms with Crippen molar-refractivity contribution in [3.8, 4) is 0 Å². The van der Waals surface area contributed by atoms with Crippen molar-refractivity contribution in [1.29, 1.82) is 0 Å². The Morgan fingerprint density at radius 1 is 1.06 bits per heavy atom. The van der Waals surface area contributed by atoms with Crippen molar-refractivity contribution >= 4 is 30.4 Å². The van der Waals surface area contributed by atoms with Crippen LogP contribution in [0.15, 0.2) is 42.5 Å². The van der Waals surface area contributed by atoms with Crippen molar-refractivity contribution < 1.29 is 0 Å². The third kappa shape index (κ3) is 3.93. The van der Waals surface area contributed by atoms with Crippen molar-refractivity contribution in [2.45, 2.75) is 6.92 Å². The Morgan fingerprint density at radius 2 is 1.76 bits per heavy atom. The lowest BCUT2D eigenvalue weighted by molar-refractivity contribution is 1.27. The van der Waals surface area contributed by atoms with Gasteiger partial charge in [-0.15, -0.1) is 12.4 Å². The fourth-order valence-corrected chi connectivity index (χ4v) is 1.55. The van der Waals surface area contributed by atoms with Crippen LogP contribution in [-0.2, 0) is 0 Å². The molecule has 17 heavy (non-hydrogen) atoms. The molecular weight excluding hydrogens is 232 g/mol. The van der Waals surface area contributed by atoms with Crippen molar-refractivity contribution in [2.75, 3.05) is 5.73 Å². The maximum Gasteiger partial charge on any atom is 0.124 e. The molecule has 0 aliphatic rings. The first-order valence-electron chi connectivity index (χ1n) is 5.21. The van der Waals surface area contributed by atoms with E-state index in [1.54, 1.807) is 0 Å². The van der Waals surface area contributed by atoms with Crippen LogP contribution in [-0.4, -0.2) is 4.98 Å². The van der Waals surface area contributed by atoms with Gasteiger partial charge in [0.05, 0.1) is 5.69 Å². The lowest BCUT2D eigenvalue weighted by Gasteiger charge is -1.98. The van der Waals surface area contributed by atoms with Gasteiger partial charge in [0.1, 0.15) is 5.82 Å². The first kappa shape index (κ1) is 13.3. The molecular formula is C14H15ClN2. The van der Waals surface area contributed by atoms with Gasteiger partial charge in [0.2, 0.25) is 0 Å². The number of rotatable bonds is 2. The van der Waals surface area contributed by atoms with Crippen molar-refractivity contribution in [3.63, 3.8) is 0 Å². The van der Waals surface area contributed by atoms with E-state index in [4.69, 9.17) is 5.73 Å². The number of nitrogen functional groups attached to an aromatic ring is 1. The number of hydrogen-bond acceptors (Lipinski definition) is 2. The summed E-state index contributed by atoms with van der Waals surface area (Å²) in [5, 5.41) is 0. The summed E-state index contributed by atoms with van der Waals surface area (Å²) in [7, 11) is 0. The van der Waals surface area contributed by atoms with Gasteiger partial charge < -0.3 is 5.73 Å². The van der Waals surface area contributed by atoms with Crippen LogP contribution in [0, 0.1) is 6.92 Å². The molecule has 1 aromatic carbocycles. The average Bonchev–Trinajstić information content (AvgIpc) is 2.27. The molecule has 0 atom stereocenters. The molecule has 2 N–H and O–H groups in total. The zero-order valence-electron chi connectivity index (χ0n) is 9.63. The highest BCUT2D eigenvalue weighted by Crippen LogP contribution is 2.10. The summed E-state index contributed by atoms with van der Waals surface area (Å²) in [5.74, 6) is 0.563. The highest BCUT2D eigenvalue weighted by molar-refractivity contribution is 5.85. The molecule has 2 aromatic rings. The number of pyridine rings is 1. The third-order valence-corrected chi connectivity index (χ3v) is 2.26. The summed E-state index contributed by atoms with van der Waals surface area (Å²) >= 11 is 0. The van der Waals surface area contributed by atoms with Crippen molar-refractivity contribution in [3.05, 3.63) is 59.3 Å². The van der Waals surface area contributed by atoms with E-state index in [-0.39, 0.29) is 12.4 Å². The van der Waals surface area contributed by atoms with Gasteiger partial charge in [-0.1, -0.05) is 36.4 Å². The van der Waals surface area contributed by atoms with Gasteiger partial charge in [-0.25, -0.2) is 4.98 Å². The Hall–Kier alpha value is -1.80. The smallest absolute Gasteiger partial charge is 0.124 e. The fourth-order valence-electron chi connectivity index (χ4n) is 1.55. The average molecular weight is 247 g/mol. The second kappa shape index (κ2) is 6.06. The van der Waals surface area contributed by atoms with Crippen LogP contribution in [0.2, 0.25) is 0 Å². The van der Waals surface area contributed by atoms with E-state index in [1.807, 2.05) is 49.4 Å². The van der Waals surface area contributed by atoms with Crippen LogP contribution in [0.4, 0.5) is 5.82 Å². The van der Waals surface area contributed by atoms with Crippen molar-refractivity contribution in [1.82, 2.24) is 4.98 Å².